The number of rotatable bonds is 6. The van der Waals surface area contributed by atoms with E-state index in [2.05, 4.69) is 10.5 Å². The fourth-order valence-corrected chi connectivity index (χ4v) is 3.46. The molecule has 6 heteroatoms. The van der Waals surface area contributed by atoms with Crippen LogP contribution in [-0.2, 0) is 16.0 Å². The Hall–Kier alpha value is -1.85. The summed E-state index contributed by atoms with van der Waals surface area (Å²) in [4.78, 5) is 26.4. The van der Waals surface area contributed by atoms with E-state index in [0.717, 1.165) is 62.1 Å². The number of carbonyl (C=O) groups excluding carboxylic acids is 2. The van der Waals surface area contributed by atoms with E-state index in [1.807, 2.05) is 18.7 Å². The lowest BCUT2D eigenvalue weighted by atomic mass is 9.96. The third-order valence-corrected chi connectivity index (χ3v) is 5.11. The average Bonchev–Trinajstić information content (AvgIpc) is 3.39. The molecule has 1 aliphatic heterocycles. The van der Waals surface area contributed by atoms with Crippen molar-refractivity contribution in [3.8, 4) is 0 Å². The molecule has 0 bridgehead atoms. The molecule has 1 N–H and O–H groups in total. The zero-order chi connectivity index (χ0) is 17.1. The third-order valence-electron chi connectivity index (χ3n) is 5.11. The first kappa shape index (κ1) is 17.0. The van der Waals surface area contributed by atoms with Gasteiger partial charge in [-0.05, 0) is 52.4 Å². The minimum Gasteiger partial charge on any atom is -0.361 e. The quantitative estimate of drug-likeness (QED) is 0.808. The molecule has 0 spiro atoms. The number of hydrogen-bond acceptors (Lipinski definition) is 4. The van der Waals surface area contributed by atoms with Crippen LogP contribution in [0.1, 0.15) is 49.1 Å². The van der Waals surface area contributed by atoms with Crippen molar-refractivity contribution in [3.05, 3.63) is 17.0 Å². The second kappa shape index (κ2) is 7.36. The van der Waals surface area contributed by atoms with Crippen molar-refractivity contribution < 1.29 is 14.1 Å². The van der Waals surface area contributed by atoms with E-state index in [9.17, 15) is 9.59 Å². The summed E-state index contributed by atoms with van der Waals surface area (Å²) in [5, 5.41) is 6.98. The minimum absolute atomic E-state index is 0.0551. The molecule has 1 aromatic heterocycles. The molecule has 0 aromatic carbocycles. The molecular weight excluding hydrogens is 306 g/mol. The molecule has 1 aromatic rings. The number of carbonyl (C=O) groups is 2. The molecule has 1 aliphatic carbocycles. The first-order valence-electron chi connectivity index (χ1n) is 9.04. The van der Waals surface area contributed by atoms with Gasteiger partial charge in [0.15, 0.2) is 0 Å². The van der Waals surface area contributed by atoms with Gasteiger partial charge in [0.05, 0.1) is 11.6 Å². The molecule has 132 valence electrons. The van der Waals surface area contributed by atoms with Crippen LogP contribution in [0.3, 0.4) is 0 Å². The van der Waals surface area contributed by atoms with Crippen LogP contribution in [0.25, 0.3) is 0 Å². The minimum atomic E-state index is -0.0551. The predicted octanol–water partition coefficient (Wildman–Crippen LogP) is 1.99. The van der Waals surface area contributed by atoms with Gasteiger partial charge in [-0.1, -0.05) is 5.16 Å². The summed E-state index contributed by atoms with van der Waals surface area (Å²) in [5.41, 5.74) is 2.07. The van der Waals surface area contributed by atoms with Crippen molar-refractivity contribution in [2.24, 2.45) is 11.8 Å². The van der Waals surface area contributed by atoms with Gasteiger partial charge in [-0.25, -0.2) is 0 Å². The van der Waals surface area contributed by atoms with Gasteiger partial charge < -0.3 is 14.7 Å². The van der Waals surface area contributed by atoms with E-state index < -0.39 is 0 Å². The number of piperidine rings is 1. The van der Waals surface area contributed by atoms with Crippen molar-refractivity contribution in [2.75, 3.05) is 19.6 Å². The molecule has 6 nitrogen and oxygen atoms in total. The molecule has 1 atom stereocenters. The van der Waals surface area contributed by atoms with E-state index in [0.29, 0.717) is 13.1 Å². The maximum Gasteiger partial charge on any atom is 0.225 e. The van der Waals surface area contributed by atoms with E-state index in [1.54, 1.807) is 0 Å². The van der Waals surface area contributed by atoms with Crippen molar-refractivity contribution in [1.82, 2.24) is 15.4 Å². The molecule has 2 heterocycles. The van der Waals surface area contributed by atoms with Gasteiger partial charge in [-0.15, -0.1) is 0 Å². The molecule has 2 amide bonds. The molecule has 2 aliphatic rings. The zero-order valence-corrected chi connectivity index (χ0v) is 14.6. The van der Waals surface area contributed by atoms with Crippen LogP contribution in [0.2, 0.25) is 0 Å². The largest absolute Gasteiger partial charge is 0.361 e. The third kappa shape index (κ3) is 3.97. The highest BCUT2D eigenvalue weighted by atomic mass is 16.5. The van der Waals surface area contributed by atoms with Crippen LogP contribution in [0.4, 0.5) is 0 Å². The lowest BCUT2D eigenvalue weighted by molar-refractivity contribution is -0.136. The number of nitrogens with one attached hydrogen (secondary N) is 1. The average molecular weight is 333 g/mol. The summed E-state index contributed by atoms with van der Waals surface area (Å²) >= 11 is 0. The van der Waals surface area contributed by atoms with Gasteiger partial charge in [0.1, 0.15) is 5.76 Å². The molecule has 1 saturated carbocycles. The highest BCUT2D eigenvalue weighted by Crippen LogP contribution is 2.32. The van der Waals surface area contributed by atoms with Crippen LogP contribution in [-0.4, -0.2) is 41.5 Å². The Morgan fingerprint density at radius 1 is 1.25 bits per heavy atom. The summed E-state index contributed by atoms with van der Waals surface area (Å²) in [6.07, 6.45) is 5.58. The molecule has 1 saturated heterocycles. The van der Waals surface area contributed by atoms with Gasteiger partial charge in [-0.2, -0.15) is 0 Å². The number of hydrogen-bond donors (Lipinski definition) is 1. The van der Waals surface area contributed by atoms with E-state index in [1.165, 1.54) is 0 Å². The molecule has 0 radical (unpaired) electrons. The van der Waals surface area contributed by atoms with Crippen LogP contribution in [0, 0.1) is 25.7 Å². The summed E-state index contributed by atoms with van der Waals surface area (Å²) in [6.45, 7) is 5.91. The maximum atomic E-state index is 12.4. The Morgan fingerprint density at radius 2 is 2.04 bits per heavy atom. The number of nitrogens with zero attached hydrogens (tertiary/aromatic N) is 2. The number of likely N-dealkylation sites (tertiary alicyclic amines) is 1. The van der Waals surface area contributed by atoms with Gasteiger partial charge in [0.2, 0.25) is 11.8 Å². The van der Waals surface area contributed by atoms with Crippen molar-refractivity contribution in [2.45, 2.75) is 52.4 Å². The fourth-order valence-electron chi connectivity index (χ4n) is 3.46. The molecule has 24 heavy (non-hydrogen) atoms. The van der Waals surface area contributed by atoms with Crippen molar-refractivity contribution >= 4 is 11.8 Å². The molecule has 3 rings (SSSR count). The second-order valence-electron chi connectivity index (χ2n) is 7.09. The van der Waals surface area contributed by atoms with E-state index >= 15 is 0 Å². The summed E-state index contributed by atoms with van der Waals surface area (Å²) in [5.74, 6) is 1.38. The summed E-state index contributed by atoms with van der Waals surface area (Å²) in [7, 11) is 0. The summed E-state index contributed by atoms with van der Waals surface area (Å²) < 4.78 is 5.15. The van der Waals surface area contributed by atoms with Gasteiger partial charge in [-0.3, -0.25) is 9.59 Å². The normalized spacial score (nSPS) is 20.9. The monoisotopic (exact) mass is 333 g/mol. The van der Waals surface area contributed by atoms with Crippen LogP contribution < -0.4 is 5.32 Å². The Labute approximate surface area is 142 Å². The zero-order valence-electron chi connectivity index (χ0n) is 14.6. The van der Waals surface area contributed by atoms with Gasteiger partial charge in [0, 0.05) is 31.1 Å². The lowest BCUT2D eigenvalue weighted by Gasteiger charge is -2.32. The highest BCUT2D eigenvalue weighted by Gasteiger charge is 2.36. The number of aromatic nitrogens is 1. The molecule has 0 unspecified atom stereocenters. The second-order valence-corrected chi connectivity index (χ2v) is 7.09. The lowest BCUT2D eigenvalue weighted by Crippen LogP contribution is -2.46. The smallest absolute Gasteiger partial charge is 0.225 e. The van der Waals surface area contributed by atoms with E-state index in [-0.39, 0.29) is 23.7 Å². The molecular formula is C18H27N3O3. The Kier molecular flexibility index (Phi) is 5.21. The van der Waals surface area contributed by atoms with Crippen LogP contribution >= 0.6 is 0 Å². The van der Waals surface area contributed by atoms with Crippen LogP contribution in [0.5, 0.6) is 0 Å². The number of amides is 2. The van der Waals surface area contributed by atoms with Crippen LogP contribution in [0.15, 0.2) is 4.52 Å². The summed E-state index contributed by atoms with van der Waals surface area (Å²) in [6, 6.07) is 0. The van der Waals surface area contributed by atoms with Gasteiger partial charge >= 0.3 is 0 Å². The van der Waals surface area contributed by atoms with E-state index in [4.69, 9.17) is 4.52 Å². The SMILES string of the molecule is Cc1noc(C)c1CCCNC(=O)[C@@H]1CCCN(C(=O)C2CC2)C1. The fraction of sp³-hybridized carbons (Fsp3) is 0.722. The number of aryl methyl sites for hydroxylation is 2. The topological polar surface area (TPSA) is 75.4 Å². The van der Waals surface area contributed by atoms with Crippen molar-refractivity contribution in [3.63, 3.8) is 0 Å². The first-order chi connectivity index (χ1) is 11.6. The Morgan fingerprint density at radius 3 is 2.71 bits per heavy atom. The predicted molar refractivity (Wildman–Crippen MR) is 89.3 cm³/mol. The van der Waals surface area contributed by atoms with Gasteiger partial charge in [0.25, 0.3) is 0 Å². The first-order valence-corrected chi connectivity index (χ1v) is 9.04. The highest BCUT2D eigenvalue weighted by molar-refractivity contribution is 5.83. The maximum absolute atomic E-state index is 12.4. The standard InChI is InChI=1S/C18H27N3O3/c1-12-16(13(2)24-20-12)6-3-9-19-17(22)15-5-4-10-21(11-15)18(23)14-7-8-14/h14-15H,3-11H2,1-2H3,(H,19,22)/t15-/m1/s1. The molecule has 2 fully saturated rings. The van der Waals surface area contributed by atoms with Crippen molar-refractivity contribution in [1.29, 1.82) is 0 Å². The Bertz CT molecular complexity index is 587. The Balaban J connectivity index is 1.40.